The third-order valence-corrected chi connectivity index (χ3v) is 4.11. The largest absolute Gasteiger partial charge is 0.399 e. The molecule has 0 aromatic heterocycles. The van der Waals surface area contributed by atoms with Crippen LogP contribution in [-0.2, 0) is 6.42 Å². The Hall–Kier alpha value is -1.58. The molecule has 0 unspecified atom stereocenters. The normalized spacial score (nSPS) is 10.8. The van der Waals surface area contributed by atoms with Crippen molar-refractivity contribution in [3.05, 3.63) is 33.9 Å². The number of benzene rings is 1. The van der Waals surface area contributed by atoms with E-state index in [2.05, 4.69) is 6.92 Å². The van der Waals surface area contributed by atoms with E-state index in [1.54, 1.807) is 12.1 Å². The lowest BCUT2D eigenvalue weighted by molar-refractivity contribution is -0.385. The standard InChI is InChI=1S/C18H30N2O2/c1-2-3-4-5-6-7-8-9-10-11-12-16-13-14-17(19)15-18(16)20(21)22/h13-15H,2-12,19H2,1H3. The van der Waals surface area contributed by atoms with Crippen molar-refractivity contribution >= 4 is 11.4 Å². The average Bonchev–Trinajstić information content (AvgIpc) is 2.50. The zero-order valence-electron chi connectivity index (χ0n) is 13.9. The minimum atomic E-state index is -0.331. The molecule has 0 spiro atoms. The maximum absolute atomic E-state index is 11.0. The predicted octanol–water partition coefficient (Wildman–Crippen LogP) is 5.64. The van der Waals surface area contributed by atoms with E-state index < -0.39 is 0 Å². The second kappa shape index (κ2) is 11.0. The van der Waals surface area contributed by atoms with Crippen LogP contribution in [0.25, 0.3) is 0 Å². The third kappa shape index (κ3) is 7.43. The van der Waals surface area contributed by atoms with Crippen molar-refractivity contribution in [3.63, 3.8) is 0 Å². The summed E-state index contributed by atoms with van der Waals surface area (Å²) in [5.41, 5.74) is 7.04. The van der Waals surface area contributed by atoms with Crippen LogP contribution >= 0.6 is 0 Å². The number of nitrogens with two attached hydrogens (primary N) is 1. The molecule has 0 saturated carbocycles. The van der Waals surface area contributed by atoms with E-state index in [-0.39, 0.29) is 10.6 Å². The molecule has 0 atom stereocenters. The predicted molar refractivity (Wildman–Crippen MR) is 93.1 cm³/mol. The Balaban J connectivity index is 2.14. The van der Waals surface area contributed by atoms with Crippen molar-refractivity contribution in [2.45, 2.75) is 77.6 Å². The Kier molecular flexibility index (Phi) is 9.28. The average molecular weight is 306 g/mol. The van der Waals surface area contributed by atoms with Crippen molar-refractivity contribution in [2.75, 3.05) is 5.73 Å². The molecule has 0 aliphatic rings. The fraction of sp³-hybridized carbons (Fsp3) is 0.667. The molecule has 22 heavy (non-hydrogen) atoms. The van der Waals surface area contributed by atoms with Gasteiger partial charge in [-0.05, 0) is 18.9 Å². The van der Waals surface area contributed by atoms with E-state index in [9.17, 15) is 10.1 Å². The van der Waals surface area contributed by atoms with Gasteiger partial charge in [-0.1, -0.05) is 70.8 Å². The highest BCUT2D eigenvalue weighted by Gasteiger charge is 2.13. The topological polar surface area (TPSA) is 69.2 Å². The van der Waals surface area contributed by atoms with Crippen molar-refractivity contribution in [3.8, 4) is 0 Å². The summed E-state index contributed by atoms with van der Waals surface area (Å²) in [6, 6.07) is 5.01. The van der Waals surface area contributed by atoms with E-state index in [4.69, 9.17) is 5.73 Å². The zero-order valence-corrected chi connectivity index (χ0v) is 13.9. The van der Waals surface area contributed by atoms with Crippen LogP contribution in [-0.4, -0.2) is 4.92 Å². The van der Waals surface area contributed by atoms with Crippen LogP contribution in [0.5, 0.6) is 0 Å². The van der Waals surface area contributed by atoms with Crippen molar-refractivity contribution in [1.29, 1.82) is 0 Å². The molecule has 0 aliphatic carbocycles. The number of aryl methyl sites for hydroxylation is 1. The first kappa shape index (κ1) is 18.5. The molecule has 2 N–H and O–H groups in total. The van der Waals surface area contributed by atoms with E-state index in [0.717, 1.165) is 24.8 Å². The van der Waals surface area contributed by atoms with Gasteiger partial charge >= 0.3 is 0 Å². The van der Waals surface area contributed by atoms with Crippen molar-refractivity contribution in [1.82, 2.24) is 0 Å². The third-order valence-electron chi connectivity index (χ3n) is 4.11. The van der Waals surface area contributed by atoms with Gasteiger partial charge in [0.05, 0.1) is 4.92 Å². The smallest absolute Gasteiger partial charge is 0.274 e. The van der Waals surface area contributed by atoms with Crippen LogP contribution in [0.3, 0.4) is 0 Å². The first-order valence-electron chi connectivity index (χ1n) is 8.68. The summed E-state index contributed by atoms with van der Waals surface area (Å²) < 4.78 is 0. The number of anilines is 1. The van der Waals surface area contributed by atoms with Gasteiger partial charge in [-0.15, -0.1) is 0 Å². The van der Waals surface area contributed by atoms with Gasteiger partial charge in [0.1, 0.15) is 0 Å². The number of nitro groups is 1. The summed E-state index contributed by atoms with van der Waals surface area (Å²) >= 11 is 0. The molecule has 1 rings (SSSR count). The summed E-state index contributed by atoms with van der Waals surface area (Å²) in [6.45, 7) is 2.24. The summed E-state index contributed by atoms with van der Waals surface area (Å²) in [7, 11) is 0. The van der Waals surface area contributed by atoms with Crippen LogP contribution in [0.2, 0.25) is 0 Å². The summed E-state index contributed by atoms with van der Waals surface area (Å²) in [5, 5.41) is 11.0. The molecule has 0 fully saturated rings. The van der Waals surface area contributed by atoms with Gasteiger partial charge in [-0.25, -0.2) is 0 Å². The Morgan fingerprint density at radius 2 is 1.50 bits per heavy atom. The van der Waals surface area contributed by atoms with E-state index in [1.165, 1.54) is 57.4 Å². The van der Waals surface area contributed by atoms with E-state index in [1.807, 2.05) is 0 Å². The summed E-state index contributed by atoms with van der Waals surface area (Å²) in [6.07, 6.45) is 13.5. The molecule has 0 heterocycles. The molecule has 124 valence electrons. The molecule has 1 aromatic rings. The molecule has 4 heteroatoms. The number of nitro benzene ring substituents is 1. The molecule has 0 saturated heterocycles. The van der Waals surface area contributed by atoms with Gasteiger partial charge in [0, 0.05) is 17.3 Å². The van der Waals surface area contributed by atoms with Crippen LogP contribution in [0.4, 0.5) is 11.4 Å². The Labute approximate surface area is 134 Å². The molecule has 0 amide bonds. The molecule has 0 aliphatic heterocycles. The molecular weight excluding hydrogens is 276 g/mol. The molecule has 1 aromatic carbocycles. The van der Waals surface area contributed by atoms with Crippen molar-refractivity contribution < 1.29 is 4.92 Å². The van der Waals surface area contributed by atoms with Crippen LogP contribution in [0.1, 0.15) is 76.7 Å². The van der Waals surface area contributed by atoms with Gasteiger partial charge in [0.25, 0.3) is 5.69 Å². The number of hydrogen-bond acceptors (Lipinski definition) is 3. The fourth-order valence-corrected chi connectivity index (χ4v) is 2.77. The minimum Gasteiger partial charge on any atom is -0.399 e. The first-order valence-corrected chi connectivity index (χ1v) is 8.68. The number of nitrogen functional groups attached to an aromatic ring is 1. The monoisotopic (exact) mass is 306 g/mol. The lowest BCUT2D eigenvalue weighted by Crippen LogP contribution is -1.97. The fourth-order valence-electron chi connectivity index (χ4n) is 2.77. The van der Waals surface area contributed by atoms with Crippen LogP contribution in [0, 0.1) is 10.1 Å². The minimum absolute atomic E-state index is 0.163. The number of nitrogens with zero attached hydrogens (tertiary/aromatic N) is 1. The molecule has 0 bridgehead atoms. The lowest BCUT2D eigenvalue weighted by Gasteiger charge is -2.05. The quantitative estimate of drug-likeness (QED) is 0.235. The highest BCUT2D eigenvalue weighted by Crippen LogP contribution is 2.23. The molecule has 0 radical (unpaired) electrons. The number of rotatable bonds is 12. The lowest BCUT2D eigenvalue weighted by atomic mass is 10.0. The van der Waals surface area contributed by atoms with Crippen molar-refractivity contribution in [2.24, 2.45) is 0 Å². The van der Waals surface area contributed by atoms with Gasteiger partial charge in [0.15, 0.2) is 0 Å². The van der Waals surface area contributed by atoms with Gasteiger partial charge in [-0.3, -0.25) is 10.1 Å². The number of unbranched alkanes of at least 4 members (excludes halogenated alkanes) is 9. The van der Waals surface area contributed by atoms with Gasteiger partial charge in [0.2, 0.25) is 0 Å². The van der Waals surface area contributed by atoms with Crippen LogP contribution in [0.15, 0.2) is 18.2 Å². The molecular formula is C18H30N2O2. The SMILES string of the molecule is CCCCCCCCCCCCc1ccc(N)cc1[N+](=O)[O-]. The highest BCUT2D eigenvalue weighted by molar-refractivity contribution is 5.52. The summed E-state index contributed by atoms with van der Waals surface area (Å²) in [5.74, 6) is 0. The van der Waals surface area contributed by atoms with Gasteiger partial charge in [-0.2, -0.15) is 0 Å². The van der Waals surface area contributed by atoms with E-state index >= 15 is 0 Å². The maximum Gasteiger partial charge on any atom is 0.274 e. The number of hydrogen-bond donors (Lipinski definition) is 1. The Morgan fingerprint density at radius 1 is 0.955 bits per heavy atom. The zero-order chi connectivity index (χ0) is 16.2. The maximum atomic E-state index is 11.0. The second-order valence-corrected chi connectivity index (χ2v) is 6.08. The van der Waals surface area contributed by atoms with E-state index in [0.29, 0.717) is 5.69 Å². The molecule has 4 nitrogen and oxygen atoms in total. The second-order valence-electron chi connectivity index (χ2n) is 6.08. The first-order chi connectivity index (χ1) is 10.6. The Bertz CT molecular complexity index is 447. The Morgan fingerprint density at radius 3 is 2.05 bits per heavy atom. The highest BCUT2D eigenvalue weighted by atomic mass is 16.6. The summed E-state index contributed by atoms with van der Waals surface area (Å²) in [4.78, 5) is 10.7. The van der Waals surface area contributed by atoms with Gasteiger partial charge < -0.3 is 5.73 Å². The van der Waals surface area contributed by atoms with Crippen LogP contribution < -0.4 is 5.73 Å².